The van der Waals surface area contributed by atoms with E-state index < -0.39 is 125 Å². The van der Waals surface area contributed by atoms with Crippen LogP contribution in [0.15, 0.2) is 97.3 Å². The number of nitrogens with zero attached hydrogens (tertiary/aromatic N) is 2. The van der Waals surface area contributed by atoms with E-state index in [-0.39, 0.29) is 63.9 Å². The van der Waals surface area contributed by atoms with Gasteiger partial charge in [-0.1, -0.05) is 36.4 Å². The van der Waals surface area contributed by atoms with E-state index in [0.717, 1.165) is 16.0 Å². The molecule has 2 aromatic heterocycles. The number of hydrogen-bond acceptors (Lipinski definition) is 14. The summed E-state index contributed by atoms with van der Waals surface area (Å²) < 4.78 is 35.2. The van der Waals surface area contributed by atoms with Gasteiger partial charge in [-0.3, -0.25) is 47.9 Å². The molecule has 12 N–H and O–H groups in total. The zero-order chi connectivity index (χ0) is 68.8. The normalized spacial score (nSPS) is 24.8. The molecule has 2 saturated heterocycles. The van der Waals surface area contributed by atoms with E-state index in [1.807, 2.05) is 24.3 Å². The molecule has 28 heteroatoms. The number of fused-ring (bicyclic) bond motifs is 31. The molecular formula is C68H82F2N12O12S2. The number of H-pyrrole nitrogens is 2. The van der Waals surface area contributed by atoms with Crippen molar-refractivity contribution in [3.8, 4) is 5.75 Å². The van der Waals surface area contributed by atoms with Crippen LogP contribution in [0, 0.1) is 11.6 Å². The molecule has 96 heavy (non-hydrogen) atoms. The molecule has 6 aromatic rings. The number of aromatic amines is 2. The lowest BCUT2D eigenvalue weighted by Crippen LogP contribution is -2.62. The highest BCUT2D eigenvalue weighted by molar-refractivity contribution is 7.98. The number of methoxy groups -OCH3 is 1. The maximum atomic E-state index is 15.5. The Balaban J connectivity index is 1.04. The second kappa shape index (κ2) is 32.6. The van der Waals surface area contributed by atoms with Crippen LogP contribution >= 0.6 is 23.5 Å². The molecule has 0 radical (unpaired) electrons. The number of benzene rings is 4. The van der Waals surface area contributed by atoms with Crippen LogP contribution in [0.1, 0.15) is 93.5 Å². The zero-order valence-electron chi connectivity index (χ0n) is 53.9. The first-order valence-corrected chi connectivity index (χ1v) is 34.3. The summed E-state index contributed by atoms with van der Waals surface area (Å²) >= 11 is 3.14. The van der Waals surface area contributed by atoms with Crippen molar-refractivity contribution in [3.05, 3.63) is 137 Å². The SMILES string of the molecule is COc1ccc(CC2NC(=O)[C@H](CCCC(=O)O)NC(=O)[C@@H]3C[C@H](N)CN3C(=O)C(Cc3c[nH]c4ccc(F)cc34)NC(=O)[C@H](Cc3c[nH]c4ccc(F)cc34)NC(=O)[C@H](C)NC(=O)[C@H](C)NC(=O)CCSCc3ccc(cc3)CSCCNC(=O)[C@]3(C)CCCN3C2=O)cc1. The first-order chi connectivity index (χ1) is 46.0. The summed E-state index contributed by atoms with van der Waals surface area (Å²) in [7, 11) is 1.50. The molecule has 24 nitrogen and oxygen atoms in total. The average Bonchev–Trinajstić information content (AvgIpc) is 1.61. The summed E-state index contributed by atoms with van der Waals surface area (Å²) in [6.07, 6.45) is 2.24. The van der Waals surface area contributed by atoms with E-state index in [1.165, 1.54) is 86.4 Å². The van der Waals surface area contributed by atoms with Crippen LogP contribution in [-0.2, 0) is 78.7 Å². The molecule has 0 spiro atoms. The Hall–Kier alpha value is -9.02. The molecule has 2 unspecified atom stereocenters. The van der Waals surface area contributed by atoms with Gasteiger partial charge in [-0.15, -0.1) is 0 Å². The molecule has 2 fully saturated rings. The Kier molecular flexibility index (Phi) is 24.2. The second-order valence-corrected chi connectivity index (χ2v) is 27.0. The van der Waals surface area contributed by atoms with Gasteiger partial charge in [-0.25, -0.2) is 8.78 Å². The van der Waals surface area contributed by atoms with Gasteiger partial charge in [-0.05, 0) is 129 Å². The Morgan fingerprint density at radius 2 is 1.22 bits per heavy atom. The van der Waals surface area contributed by atoms with Gasteiger partial charge in [0.15, 0.2) is 0 Å². The van der Waals surface area contributed by atoms with Crippen LogP contribution in [0.4, 0.5) is 8.78 Å². The minimum Gasteiger partial charge on any atom is -0.497 e. The summed E-state index contributed by atoms with van der Waals surface area (Å²) in [5, 5.41) is 29.8. The van der Waals surface area contributed by atoms with E-state index in [4.69, 9.17) is 10.5 Å². The summed E-state index contributed by atoms with van der Waals surface area (Å²) in [6.45, 7) is 4.72. The number of amides is 9. The minimum absolute atomic E-state index is 0.0799. The van der Waals surface area contributed by atoms with Crippen LogP contribution in [0.2, 0.25) is 0 Å². The number of carbonyl (C=O) groups excluding carboxylic acids is 9. The van der Waals surface area contributed by atoms with Gasteiger partial charge in [0.1, 0.15) is 65.2 Å². The second-order valence-electron chi connectivity index (χ2n) is 24.8. The molecule has 512 valence electrons. The van der Waals surface area contributed by atoms with Crippen molar-refractivity contribution in [1.29, 1.82) is 0 Å². The average molecular weight is 1360 g/mol. The molecule has 2 bridgehead atoms. The number of halogens is 2. The summed E-state index contributed by atoms with van der Waals surface area (Å²) in [5.74, 6) is -6.13. The van der Waals surface area contributed by atoms with Crippen LogP contribution in [0.25, 0.3) is 21.8 Å². The fourth-order valence-corrected chi connectivity index (χ4v) is 14.0. The first-order valence-electron chi connectivity index (χ1n) is 32.0. The van der Waals surface area contributed by atoms with Crippen molar-refractivity contribution in [3.63, 3.8) is 0 Å². The largest absolute Gasteiger partial charge is 0.497 e. The zero-order valence-corrected chi connectivity index (χ0v) is 55.5. The van der Waals surface area contributed by atoms with E-state index in [1.54, 1.807) is 43.0 Å². The Bertz CT molecular complexity index is 3840. The van der Waals surface area contributed by atoms with E-state index in [0.29, 0.717) is 86.6 Å². The number of thioether (sulfide) groups is 2. The molecule has 4 aliphatic heterocycles. The molecule has 10 rings (SSSR count). The smallest absolute Gasteiger partial charge is 0.303 e. The van der Waals surface area contributed by atoms with Crippen molar-refractivity contribution in [2.24, 2.45) is 5.73 Å². The number of carboxylic acids is 1. The fourth-order valence-electron chi connectivity index (χ4n) is 12.3. The molecule has 9 amide bonds. The number of aromatic nitrogens is 2. The number of rotatable bonds is 11. The van der Waals surface area contributed by atoms with Gasteiger partial charge in [-0.2, -0.15) is 23.5 Å². The summed E-state index contributed by atoms with van der Waals surface area (Å²) in [6, 6.07) is 12.1. The number of carbonyl (C=O) groups is 10. The third-order valence-corrected chi connectivity index (χ3v) is 19.7. The highest BCUT2D eigenvalue weighted by atomic mass is 32.2. The molecule has 4 aromatic carbocycles. The molecule has 0 saturated carbocycles. The number of ether oxygens (including phenoxy) is 1. The quantitative estimate of drug-likeness (QED) is 0.0812. The first kappa shape index (κ1) is 71.3. The van der Waals surface area contributed by atoms with Gasteiger partial charge in [0.25, 0.3) is 0 Å². The van der Waals surface area contributed by atoms with Crippen LogP contribution in [-0.4, -0.2) is 176 Å². The Morgan fingerprint density at radius 3 is 1.83 bits per heavy atom. The van der Waals surface area contributed by atoms with E-state index in [9.17, 15) is 47.4 Å². The number of nitrogens with one attached hydrogen (secondary N) is 9. The van der Waals surface area contributed by atoms with Gasteiger partial charge in [0.2, 0.25) is 53.2 Å². The number of nitrogens with two attached hydrogens (primary N) is 1. The number of aliphatic carboxylic acids is 1. The van der Waals surface area contributed by atoms with E-state index in [2.05, 4.69) is 47.2 Å². The van der Waals surface area contributed by atoms with Crippen LogP contribution in [0.3, 0.4) is 0 Å². The van der Waals surface area contributed by atoms with Crippen molar-refractivity contribution < 1.29 is 66.6 Å². The standard InChI is InChI=1S/C68H82F2N12O12S2/c1-38-60(86)76-39(2)61(87)78-54(28-43-33-73-51-19-15-45(69)30-49(43)51)63(89)80-56(29-44-34-74-52-20-16-46(70)31-50(44)52)65(91)81-35-47(71)32-57(81)64(90)77-53(7-5-8-59(84)85)62(88)79-55(27-40-13-17-48(94-4)18-14-40)66(92)82-24-6-22-68(82,3)67(93)72-23-26-96-37-42-11-9-41(10-12-42)36-95-25-21-58(83)75-38/h9-20,30-31,33-34,38-39,47,53-57,73-74H,5-8,21-29,32,35-37,71H2,1-4H3,(H,72,93)(H,75,83)(H,76,86)(H,77,90)(H,78,87)(H,79,88)(H,80,89)(H,84,85)/t38-,39-,47-,53-,54-,55?,56?,57-,68-/m0/s1. The Labute approximate surface area is 562 Å². The topological polar surface area (TPSA) is 348 Å². The maximum Gasteiger partial charge on any atom is 0.303 e. The van der Waals surface area contributed by atoms with Crippen LogP contribution < -0.4 is 47.7 Å². The summed E-state index contributed by atoms with van der Waals surface area (Å²) in [5.41, 5.74) is 9.64. The van der Waals surface area contributed by atoms with Crippen molar-refractivity contribution in [2.45, 2.75) is 150 Å². The predicted molar refractivity (Wildman–Crippen MR) is 359 cm³/mol. The lowest BCUT2D eigenvalue weighted by atomic mass is 9.95. The van der Waals surface area contributed by atoms with Gasteiger partial charge < -0.3 is 72.6 Å². The van der Waals surface area contributed by atoms with Gasteiger partial charge in [0, 0.05) is 115 Å². The minimum atomic E-state index is -1.61. The van der Waals surface area contributed by atoms with Crippen molar-refractivity contribution in [2.75, 3.05) is 38.2 Å². The lowest BCUT2D eigenvalue weighted by molar-refractivity contribution is -0.146. The third kappa shape index (κ3) is 18.3. The van der Waals surface area contributed by atoms with E-state index >= 15 is 14.4 Å². The van der Waals surface area contributed by atoms with Gasteiger partial charge in [0.05, 0.1) is 7.11 Å². The maximum absolute atomic E-state index is 15.5. The number of hydrogen-bond donors (Lipinski definition) is 11. The molecule has 4 aliphatic rings. The van der Waals surface area contributed by atoms with Crippen LogP contribution in [0.5, 0.6) is 5.75 Å². The summed E-state index contributed by atoms with van der Waals surface area (Å²) in [4.78, 5) is 152. The van der Waals surface area contributed by atoms with Crippen molar-refractivity contribution in [1.82, 2.24) is 57.0 Å². The molecule has 9 atom stereocenters. The highest BCUT2D eigenvalue weighted by Gasteiger charge is 2.48. The highest BCUT2D eigenvalue weighted by Crippen LogP contribution is 2.32. The number of carboxylic acid groups (broad SMARTS) is 1. The fraction of sp³-hybridized carbons (Fsp3) is 0.441. The van der Waals surface area contributed by atoms with Gasteiger partial charge >= 0.3 is 5.97 Å². The lowest BCUT2D eigenvalue weighted by Gasteiger charge is -2.36. The predicted octanol–water partition coefficient (Wildman–Crippen LogP) is 4.16. The molecular weight excluding hydrogens is 1280 g/mol. The Morgan fingerprint density at radius 1 is 0.667 bits per heavy atom. The third-order valence-electron chi connectivity index (χ3n) is 17.7. The van der Waals surface area contributed by atoms with Crippen molar-refractivity contribution >= 4 is 104 Å². The monoisotopic (exact) mass is 1360 g/mol. The molecule has 0 aliphatic carbocycles. The molecule has 6 heterocycles.